The Hall–Kier alpha value is -4.41. The van der Waals surface area contributed by atoms with E-state index < -0.39 is 71.1 Å². The Morgan fingerprint density at radius 3 is 2.14 bits per heavy atom. The van der Waals surface area contributed by atoms with Crippen molar-refractivity contribution >= 4 is 35.2 Å². The van der Waals surface area contributed by atoms with E-state index in [4.69, 9.17) is 0 Å². The summed E-state index contributed by atoms with van der Waals surface area (Å²) >= 11 is 0. The molecule has 1 N–H and O–H groups in total. The minimum absolute atomic E-state index is 0.0969. The SMILES string of the molecule is CC(C)(C)NCC(=O)N(OC(=O)C(F)(F)F)c1ccc(OC(F)(F)F)c(N2C(=O)N(Cc3ccncc3)C(C)(C)C2=O)c1. The molecule has 1 aliphatic heterocycles. The number of aromatic nitrogens is 1. The molecule has 43 heavy (non-hydrogen) atoms. The highest BCUT2D eigenvalue weighted by Crippen LogP contribution is 2.42. The molecule has 1 saturated heterocycles. The fraction of sp³-hybridized carbons (Fsp3) is 0.423. The van der Waals surface area contributed by atoms with Gasteiger partial charge in [0.25, 0.3) is 11.8 Å². The molecule has 2 aromatic rings. The zero-order chi connectivity index (χ0) is 32.5. The van der Waals surface area contributed by atoms with E-state index in [1.54, 1.807) is 32.9 Å². The van der Waals surface area contributed by atoms with Gasteiger partial charge in [-0.25, -0.2) is 14.5 Å². The molecule has 234 valence electrons. The fourth-order valence-electron chi connectivity index (χ4n) is 3.80. The van der Waals surface area contributed by atoms with Crippen molar-refractivity contribution in [3.63, 3.8) is 0 Å². The largest absolute Gasteiger partial charge is 0.573 e. The molecule has 1 aromatic carbocycles. The summed E-state index contributed by atoms with van der Waals surface area (Å²) in [7, 11) is 0. The maximum Gasteiger partial charge on any atom is 0.573 e. The van der Waals surface area contributed by atoms with Gasteiger partial charge in [0, 0.05) is 24.5 Å². The van der Waals surface area contributed by atoms with Crippen molar-refractivity contribution in [2.75, 3.05) is 16.5 Å². The van der Waals surface area contributed by atoms with Crippen LogP contribution in [0.25, 0.3) is 0 Å². The third-order valence-electron chi connectivity index (χ3n) is 5.96. The molecule has 0 spiro atoms. The van der Waals surface area contributed by atoms with Crippen LogP contribution in [-0.2, 0) is 25.8 Å². The monoisotopic (exact) mass is 619 g/mol. The van der Waals surface area contributed by atoms with Crippen LogP contribution in [0.2, 0.25) is 0 Å². The average molecular weight is 620 g/mol. The number of benzene rings is 1. The highest BCUT2D eigenvalue weighted by molar-refractivity contribution is 6.23. The van der Waals surface area contributed by atoms with E-state index in [1.165, 1.54) is 26.2 Å². The summed E-state index contributed by atoms with van der Waals surface area (Å²) in [5, 5.41) is 2.59. The Labute approximate surface area is 241 Å². The molecule has 0 atom stereocenters. The van der Waals surface area contributed by atoms with Gasteiger partial charge < -0.3 is 19.8 Å². The van der Waals surface area contributed by atoms with E-state index >= 15 is 0 Å². The topological polar surface area (TPSA) is 121 Å². The minimum atomic E-state index is -5.56. The van der Waals surface area contributed by atoms with Crippen LogP contribution in [0, 0.1) is 0 Å². The van der Waals surface area contributed by atoms with Crippen LogP contribution >= 0.6 is 0 Å². The Morgan fingerprint density at radius 2 is 1.60 bits per heavy atom. The number of carbonyl (C=O) groups is 4. The summed E-state index contributed by atoms with van der Waals surface area (Å²) in [5.41, 5.74) is -3.42. The minimum Gasteiger partial charge on any atom is -0.404 e. The number of halogens is 6. The summed E-state index contributed by atoms with van der Waals surface area (Å²) in [6.45, 7) is 6.69. The van der Waals surface area contributed by atoms with Crippen molar-refractivity contribution in [2.45, 2.75) is 64.8 Å². The third kappa shape index (κ3) is 7.91. The van der Waals surface area contributed by atoms with E-state index in [2.05, 4.69) is 19.9 Å². The number of nitrogens with one attached hydrogen (secondary N) is 1. The molecule has 4 amide bonds. The smallest absolute Gasteiger partial charge is 0.404 e. The summed E-state index contributed by atoms with van der Waals surface area (Å²) < 4.78 is 83.2. The predicted octanol–water partition coefficient (Wildman–Crippen LogP) is 4.47. The van der Waals surface area contributed by atoms with Crippen molar-refractivity contribution in [2.24, 2.45) is 0 Å². The van der Waals surface area contributed by atoms with Gasteiger partial charge in [0.1, 0.15) is 5.54 Å². The Bertz CT molecular complexity index is 1390. The lowest BCUT2D eigenvalue weighted by Crippen LogP contribution is -2.47. The number of nitrogens with zero attached hydrogens (tertiary/aromatic N) is 4. The van der Waals surface area contributed by atoms with Gasteiger partial charge in [0.15, 0.2) is 5.75 Å². The molecule has 0 saturated carbocycles. The molecule has 0 bridgehead atoms. The molecule has 3 rings (SSSR count). The molecule has 17 heteroatoms. The molecule has 11 nitrogen and oxygen atoms in total. The fourth-order valence-corrected chi connectivity index (χ4v) is 3.80. The lowest BCUT2D eigenvalue weighted by Gasteiger charge is -2.27. The molecule has 0 radical (unpaired) electrons. The van der Waals surface area contributed by atoms with Crippen LogP contribution in [0.4, 0.5) is 42.5 Å². The predicted molar refractivity (Wildman–Crippen MR) is 137 cm³/mol. The van der Waals surface area contributed by atoms with Gasteiger partial charge in [-0.05, 0) is 70.5 Å². The van der Waals surface area contributed by atoms with Crippen LogP contribution in [0.15, 0.2) is 42.7 Å². The average Bonchev–Trinajstić information content (AvgIpc) is 3.04. The van der Waals surface area contributed by atoms with Gasteiger partial charge in [0.05, 0.1) is 17.9 Å². The number of hydrogen-bond acceptors (Lipinski definition) is 8. The lowest BCUT2D eigenvalue weighted by molar-refractivity contribution is -0.274. The molecule has 0 unspecified atom stereocenters. The number of urea groups is 1. The van der Waals surface area contributed by atoms with Crippen molar-refractivity contribution in [3.05, 3.63) is 48.3 Å². The summed E-state index contributed by atoms with van der Waals surface area (Å²) in [5.74, 6) is -6.19. The van der Waals surface area contributed by atoms with Gasteiger partial charge in [0.2, 0.25) is 0 Å². The summed E-state index contributed by atoms with van der Waals surface area (Å²) in [4.78, 5) is 61.2. The number of hydrogen-bond donors (Lipinski definition) is 1. The van der Waals surface area contributed by atoms with Crippen LogP contribution in [-0.4, -0.2) is 63.9 Å². The molecule has 1 aromatic heterocycles. The molecular formula is C26H27F6N5O6. The highest BCUT2D eigenvalue weighted by Gasteiger charge is 2.53. The number of ether oxygens (including phenoxy) is 1. The molecule has 1 aliphatic rings. The maximum absolute atomic E-state index is 13.5. The first-order valence-corrected chi connectivity index (χ1v) is 12.4. The van der Waals surface area contributed by atoms with Crippen molar-refractivity contribution < 1.29 is 55.1 Å². The number of hydroxylamine groups is 1. The quantitative estimate of drug-likeness (QED) is 0.274. The highest BCUT2D eigenvalue weighted by atomic mass is 19.4. The van der Waals surface area contributed by atoms with Crippen LogP contribution in [0.5, 0.6) is 5.75 Å². The third-order valence-corrected chi connectivity index (χ3v) is 5.96. The van der Waals surface area contributed by atoms with Crippen LogP contribution in [0.3, 0.4) is 0 Å². The van der Waals surface area contributed by atoms with Crippen LogP contribution in [0.1, 0.15) is 40.2 Å². The number of alkyl halides is 6. The van der Waals surface area contributed by atoms with E-state index in [0.717, 1.165) is 4.90 Å². The number of anilines is 2. The van der Waals surface area contributed by atoms with Crippen LogP contribution < -0.4 is 20.0 Å². The molecule has 0 aliphatic carbocycles. The second kappa shape index (κ2) is 11.7. The maximum atomic E-state index is 13.5. The van der Waals surface area contributed by atoms with Gasteiger partial charge >= 0.3 is 24.5 Å². The van der Waals surface area contributed by atoms with Gasteiger partial charge in [-0.2, -0.15) is 13.2 Å². The van der Waals surface area contributed by atoms with Gasteiger partial charge in [-0.3, -0.25) is 14.6 Å². The molecular weight excluding hydrogens is 592 g/mol. The second-order valence-corrected chi connectivity index (χ2v) is 10.8. The van der Waals surface area contributed by atoms with E-state index in [9.17, 15) is 45.5 Å². The second-order valence-electron chi connectivity index (χ2n) is 10.8. The Morgan fingerprint density at radius 1 is 1.00 bits per heavy atom. The Balaban J connectivity index is 2.14. The first-order chi connectivity index (χ1) is 19.6. The van der Waals surface area contributed by atoms with E-state index in [1.807, 2.05) is 0 Å². The number of rotatable bonds is 7. The number of imide groups is 1. The molecule has 1 fully saturated rings. The molecule has 2 heterocycles. The standard InChI is InChI=1S/C26H27F6N5O6/c1-23(2,3)34-13-19(38)37(43-21(40)25(27,28)29)16-6-7-18(42-26(30,31)32)17(12-16)36-20(39)24(4,5)35(22(36)41)14-15-8-10-33-11-9-15/h6-12,34H,13-14H2,1-5H3. The zero-order valence-corrected chi connectivity index (χ0v) is 23.5. The van der Waals surface area contributed by atoms with Gasteiger partial charge in [-0.15, -0.1) is 18.2 Å². The van der Waals surface area contributed by atoms with Crippen molar-refractivity contribution in [3.8, 4) is 5.75 Å². The number of amides is 4. The van der Waals surface area contributed by atoms with Crippen molar-refractivity contribution in [1.82, 2.24) is 15.2 Å². The Kier molecular flexibility index (Phi) is 9.00. The van der Waals surface area contributed by atoms with E-state index in [0.29, 0.717) is 28.7 Å². The van der Waals surface area contributed by atoms with Crippen molar-refractivity contribution in [1.29, 1.82) is 0 Å². The lowest BCUT2D eigenvalue weighted by atomic mass is 10.0. The first kappa shape index (κ1) is 33.1. The number of carbonyl (C=O) groups excluding carboxylic acids is 4. The van der Waals surface area contributed by atoms with Gasteiger partial charge in [-0.1, -0.05) is 0 Å². The zero-order valence-electron chi connectivity index (χ0n) is 23.5. The summed E-state index contributed by atoms with van der Waals surface area (Å²) in [6, 6.07) is 3.83. The van der Waals surface area contributed by atoms with E-state index in [-0.39, 0.29) is 11.6 Å². The summed E-state index contributed by atoms with van der Waals surface area (Å²) in [6.07, 6.45) is -8.05. The normalized spacial score (nSPS) is 15.5. The number of pyridine rings is 1. The first-order valence-electron chi connectivity index (χ1n) is 12.4.